The summed E-state index contributed by atoms with van der Waals surface area (Å²) in [5, 5.41) is 9.32. The van der Waals surface area contributed by atoms with Crippen LogP contribution in [0.5, 0.6) is 5.75 Å². The van der Waals surface area contributed by atoms with Crippen molar-refractivity contribution in [3.05, 3.63) is 77.4 Å². The van der Waals surface area contributed by atoms with Gasteiger partial charge >= 0.3 is 18.8 Å². The molecular weight excluding hydrogens is 481 g/mol. The van der Waals surface area contributed by atoms with Crippen molar-refractivity contribution < 1.29 is 36.6 Å². The van der Waals surface area contributed by atoms with Crippen molar-refractivity contribution in [3.63, 3.8) is 0 Å². The largest absolute Gasteiger partial charge is 0.481 e. The van der Waals surface area contributed by atoms with Crippen molar-refractivity contribution in [1.82, 2.24) is 4.90 Å². The molecule has 2 aromatic carbocycles. The zero-order chi connectivity index (χ0) is 26.5. The molecule has 1 N–H and O–H groups in total. The van der Waals surface area contributed by atoms with Crippen LogP contribution in [0, 0.1) is 5.92 Å². The number of carboxylic acids is 1. The minimum absolute atomic E-state index is 0.0128. The van der Waals surface area contributed by atoms with E-state index in [1.54, 1.807) is 12.1 Å². The molecule has 0 spiro atoms. The normalized spacial score (nSPS) is 19.8. The van der Waals surface area contributed by atoms with E-state index in [2.05, 4.69) is 16.2 Å². The maximum Gasteiger partial charge on any atom is 0.416 e. The molecule has 1 heterocycles. The molecule has 0 amide bonds. The van der Waals surface area contributed by atoms with Crippen LogP contribution in [0.4, 0.5) is 22.0 Å². The van der Waals surface area contributed by atoms with Crippen LogP contribution in [0.3, 0.4) is 0 Å². The molecule has 0 saturated carbocycles. The van der Waals surface area contributed by atoms with Crippen molar-refractivity contribution in [2.24, 2.45) is 5.92 Å². The molecule has 4 nitrogen and oxygen atoms in total. The Kier molecular flexibility index (Phi) is 9.11. The lowest BCUT2D eigenvalue weighted by Crippen LogP contribution is -2.40. The van der Waals surface area contributed by atoms with Crippen LogP contribution in [0.25, 0.3) is 0 Å². The van der Waals surface area contributed by atoms with Crippen molar-refractivity contribution >= 4 is 5.97 Å². The fourth-order valence-corrected chi connectivity index (χ4v) is 4.86. The third kappa shape index (κ3) is 7.53. The Morgan fingerprint density at radius 3 is 2.31 bits per heavy atom. The molecule has 196 valence electrons. The molecule has 1 saturated heterocycles. The lowest BCUT2D eigenvalue weighted by atomic mass is 9.82. The van der Waals surface area contributed by atoms with Gasteiger partial charge in [-0.2, -0.15) is 22.0 Å². The number of aliphatic carboxylic acids is 1. The number of allylic oxidation sites excluding steroid dienone is 1. The molecule has 1 aliphatic rings. The SMILES string of the molecule is C=C(C)CCC(c1ccc(OC(F)F)cc1)N1CCC(CC(=O)O)CC1c1ccc(C(F)(F)F)cc1. The van der Waals surface area contributed by atoms with E-state index >= 15 is 0 Å². The highest BCUT2D eigenvalue weighted by molar-refractivity contribution is 5.67. The van der Waals surface area contributed by atoms with Crippen LogP contribution in [0.15, 0.2) is 60.7 Å². The first-order valence-corrected chi connectivity index (χ1v) is 11.8. The number of ether oxygens (including phenoxy) is 1. The molecule has 0 aromatic heterocycles. The van der Waals surface area contributed by atoms with E-state index in [1.807, 2.05) is 6.92 Å². The van der Waals surface area contributed by atoms with Gasteiger partial charge in [-0.05, 0) is 80.5 Å². The molecule has 0 aliphatic carbocycles. The summed E-state index contributed by atoms with van der Waals surface area (Å²) in [6.45, 7) is 3.48. The van der Waals surface area contributed by atoms with Gasteiger partial charge in [-0.3, -0.25) is 9.69 Å². The lowest BCUT2D eigenvalue weighted by molar-refractivity contribution is -0.139. The summed E-state index contributed by atoms with van der Waals surface area (Å²) in [4.78, 5) is 13.6. The quantitative estimate of drug-likeness (QED) is 0.263. The Labute approximate surface area is 207 Å². The average Bonchev–Trinajstić information content (AvgIpc) is 2.79. The number of carbonyl (C=O) groups is 1. The number of likely N-dealkylation sites (tertiary alicyclic amines) is 1. The molecule has 9 heteroatoms. The number of hydrogen-bond acceptors (Lipinski definition) is 3. The van der Waals surface area contributed by atoms with Crippen molar-refractivity contribution in [1.29, 1.82) is 0 Å². The van der Waals surface area contributed by atoms with E-state index in [-0.39, 0.29) is 30.2 Å². The second-order valence-electron chi connectivity index (χ2n) is 9.32. The average molecular weight is 512 g/mol. The number of rotatable bonds is 10. The summed E-state index contributed by atoms with van der Waals surface area (Å²) >= 11 is 0. The van der Waals surface area contributed by atoms with Crippen LogP contribution in [-0.4, -0.2) is 29.1 Å². The van der Waals surface area contributed by atoms with Crippen LogP contribution in [-0.2, 0) is 11.0 Å². The van der Waals surface area contributed by atoms with Crippen molar-refractivity contribution in [3.8, 4) is 5.75 Å². The Hall–Kier alpha value is -2.94. The monoisotopic (exact) mass is 511 g/mol. The molecule has 3 atom stereocenters. The molecule has 36 heavy (non-hydrogen) atoms. The smallest absolute Gasteiger partial charge is 0.416 e. The number of piperidine rings is 1. The fraction of sp³-hybridized carbons (Fsp3) is 0.444. The molecule has 0 radical (unpaired) electrons. The third-order valence-electron chi connectivity index (χ3n) is 6.57. The summed E-state index contributed by atoms with van der Waals surface area (Å²) in [7, 11) is 0. The van der Waals surface area contributed by atoms with Crippen molar-refractivity contribution in [2.45, 2.75) is 63.9 Å². The highest BCUT2D eigenvalue weighted by atomic mass is 19.4. The highest BCUT2D eigenvalue weighted by Gasteiger charge is 2.36. The number of hydrogen-bond donors (Lipinski definition) is 1. The summed E-state index contributed by atoms with van der Waals surface area (Å²) < 4.78 is 69.1. The van der Waals surface area contributed by atoms with E-state index in [9.17, 15) is 31.9 Å². The van der Waals surface area contributed by atoms with Crippen molar-refractivity contribution in [2.75, 3.05) is 6.54 Å². The first kappa shape index (κ1) is 27.6. The molecule has 3 unspecified atom stereocenters. The van der Waals surface area contributed by atoms with Gasteiger partial charge in [-0.25, -0.2) is 0 Å². The first-order valence-electron chi connectivity index (χ1n) is 11.8. The van der Waals surface area contributed by atoms with E-state index in [1.165, 1.54) is 24.3 Å². The second kappa shape index (κ2) is 11.9. The van der Waals surface area contributed by atoms with Gasteiger partial charge in [0, 0.05) is 18.5 Å². The maximum absolute atomic E-state index is 13.1. The van der Waals surface area contributed by atoms with E-state index in [0.29, 0.717) is 37.8 Å². The number of benzene rings is 2. The minimum atomic E-state index is -4.46. The van der Waals surface area contributed by atoms with Gasteiger partial charge in [-0.15, -0.1) is 6.58 Å². The highest BCUT2D eigenvalue weighted by Crippen LogP contribution is 2.43. The van der Waals surface area contributed by atoms with Gasteiger partial charge in [0.1, 0.15) is 5.75 Å². The Balaban J connectivity index is 1.96. The molecule has 2 aromatic rings. The Morgan fingerprint density at radius 1 is 1.14 bits per heavy atom. The standard InChI is InChI=1S/C27H30F5NO3/c1-17(2)3-12-23(19-6-10-22(11-7-19)36-26(28)29)33-14-13-18(16-25(34)35)15-24(33)20-4-8-21(9-5-20)27(30,31)32/h4-11,18,23-24,26H,1,3,12-16H2,2H3,(H,34,35). The fourth-order valence-electron chi connectivity index (χ4n) is 4.86. The number of nitrogens with zero attached hydrogens (tertiary/aromatic N) is 1. The molecular formula is C27H30F5NO3. The number of halogens is 5. The number of carboxylic acid groups (broad SMARTS) is 1. The summed E-state index contributed by atoms with van der Waals surface area (Å²) in [5.74, 6) is -0.991. The summed E-state index contributed by atoms with van der Waals surface area (Å²) in [6.07, 6.45) is -2.02. The third-order valence-corrected chi connectivity index (χ3v) is 6.57. The van der Waals surface area contributed by atoms with E-state index < -0.39 is 24.3 Å². The predicted octanol–water partition coefficient (Wildman–Crippen LogP) is 7.63. The van der Waals surface area contributed by atoms with E-state index in [4.69, 9.17) is 0 Å². The van der Waals surface area contributed by atoms with E-state index in [0.717, 1.165) is 23.3 Å². The van der Waals surface area contributed by atoms with Gasteiger partial charge in [0.15, 0.2) is 0 Å². The zero-order valence-corrected chi connectivity index (χ0v) is 20.0. The maximum atomic E-state index is 13.1. The molecule has 1 fully saturated rings. The Morgan fingerprint density at radius 2 is 1.78 bits per heavy atom. The van der Waals surface area contributed by atoms with Gasteiger partial charge in [0.25, 0.3) is 0 Å². The van der Waals surface area contributed by atoms with Gasteiger partial charge in [-0.1, -0.05) is 29.8 Å². The van der Waals surface area contributed by atoms with Crippen LogP contribution in [0.2, 0.25) is 0 Å². The predicted molar refractivity (Wildman–Crippen MR) is 126 cm³/mol. The number of alkyl halides is 5. The van der Waals surface area contributed by atoms with Crippen LogP contribution in [0.1, 0.15) is 67.8 Å². The molecule has 0 bridgehead atoms. The van der Waals surface area contributed by atoms with Gasteiger partial charge in [0.2, 0.25) is 0 Å². The topological polar surface area (TPSA) is 49.8 Å². The van der Waals surface area contributed by atoms with Crippen LogP contribution >= 0.6 is 0 Å². The molecule has 3 rings (SSSR count). The minimum Gasteiger partial charge on any atom is -0.481 e. The summed E-state index contributed by atoms with van der Waals surface area (Å²) in [5.41, 5.74) is 1.75. The summed E-state index contributed by atoms with van der Waals surface area (Å²) in [6, 6.07) is 10.9. The van der Waals surface area contributed by atoms with Crippen LogP contribution < -0.4 is 4.74 Å². The Bertz CT molecular complexity index is 1020. The molecule has 1 aliphatic heterocycles. The van der Waals surface area contributed by atoms with Gasteiger partial charge < -0.3 is 9.84 Å². The van der Waals surface area contributed by atoms with Gasteiger partial charge in [0.05, 0.1) is 5.56 Å². The second-order valence-corrected chi connectivity index (χ2v) is 9.32. The zero-order valence-electron chi connectivity index (χ0n) is 20.0. The lowest BCUT2D eigenvalue weighted by Gasteiger charge is -2.44. The first-order chi connectivity index (χ1) is 16.9.